The van der Waals surface area contributed by atoms with E-state index in [0.29, 0.717) is 13.0 Å². The molecular formula is C11H19NO3. The summed E-state index contributed by atoms with van der Waals surface area (Å²) in [7, 11) is 1.33. The molecule has 0 aliphatic carbocycles. The van der Waals surface area contributed by atoms with E-state index in [9.17, 15) is 9.59 Å². The lowest BCUT2D eigenvalue weighted by Gasteiger charge is -2.35. The van der Waals surface area contributed by atoms with E-state index in [1.54, 1.807) is 0 Å². The van der Waals surface area contributed by atoms with Gasteiger partial charge in [0.05, 0.1) is 7.11 Å². The number of hydrogen-bond donors (Lipinski definition) is 0. The standard InChI is InChI=1S/C11H19NO3/c1-4-5-12-7-9(11(14)15-3)10(13)6-8(12)2/h8-9H,4-7H2,1-3H3/t8-,9+/m1/s1. The van der Waals surface area contributed by atoms with Crippen LogP contribution in [0.5, 0.6) is 0 Å². The maximum absolute atomic E-state index is 11.6. The number of piperidine rings is 1. The van der Waals surface area contributed by atoms with Crippen molar-refractivity contribution in [3.8, 4) is 0 Å². The SMILES string of the molecule is CCCN1C[C@H](C(=O)OC)C(=O)C[C@H]1C. The monoisotopic (exact) mass is 213 g/mol. The van der Waals surface area contributed by atoms with Gasteiger partial charge in [-0.2, -0.15) is 0 Å². The molecule has 0 aromatic carbocycles. The minimum absolute atomic E-state index is 0.0155. The minimum atomic E-state index is -0.572. The zero-order valence-corrected chi connectivity index (χ0v) is 9.66. The topological polar surface area (TPSA) is 46.6 Å². The van der Waals surface area contributed by atoms with Crippen molar-refractivity contribution >= 4 is 11.8 Å². The normalized spacial score (nSPS) is 27.8. The summed E-state index contributed by atoms with van der Waals surface area (Å²) in [4.78, 5) is 25.2. The number of hydrogen-bond acceptors (Lipinski definition) is 4. The number of methoxy groups -OCH3 is 1. The van der Waals surface area contributed by atoms with E-state index in [4.69, 9.17) is 0 Å². The second-order valence-electron chi connectivity index (χ2n) is 4.09. The van der Waals surface area contributed by atoms with Gasteiger partial charge in [0, 0.05) is 19.0 Å². The summed E-state index contributed by atoms with van der Waals surface area (Å²) in [6, 6.07) is 0.248. The second kappa shape index (κ2) is 5.26. The number of ether oxygens (including phenoxy) is 1. The van der Waals surface area contributed by atoms with Crippen molar-refractivity contribution in [3.05, 3.63) is 0 Å². The van der Waals surface area contributed by atoms with Crippen LogP contribution in [0.3, 0.4) is 0 Å². The first kappa shape index (κ1) is 12.2. The van der Waals surface area contributed by atoms with E-state index in [1.807, 2.05) is 6.92 Å². The van der Waals surface area contributed by atoms with Crippen molar-refractivity contribution < 1.29 is 14.3 Å². The first-order chi connectivity index (χ1) is 7.10. The van der Waals surface area contributed by atoms with Crippen molar-refractivity contribution in [2.75, 3.05) is 20.2 Å². The number of carbonyl (C=O) groups is 2. The Morgan fingerprint density at radius 3 is 2.80 bits per heavy atom. The first-order valence-corrected chi connectivity index (χ1v) is 5.44. The quantitative estimate of drug-likeness (QED) is 0.515. The van der Waals surface area contributed by atoms with Gasteiger partial charge in [0.25, 0.3) is 0 Å². The molecule has 0 unspecified atom stereocenters. The third kappa shape index (κ3) is 2.78. The molecule has 1 fully saturated rings. The van der Waals surface area contributed by atoms with Crippen LogP contribution >= 0.6 is 0 Å². The molecule has 0 aromatic rings. The molecule has 86 valence electrons. The van der Waals surface area contributed by atoms with Gasteiger partial charge in [0.15, 0.2) is 0 Å². The lowest BCUT2D eigenvalue weighted by Crippen LogP contribution is -2.49. The third-order valence-corrected chi connectivity index (χ3v) is 2.92. The van der Waals surface area contributed by atoms with E-state index in [0.717, 1.165) is 13.0 Å². The van der Waals surface area contributed by atoms with Gasteiger partial charge in [0.2, 0.25) is 0 Å². The molecule has 15 heavy (non-hydrogen) atoms. The van der Waals surface area contributed by atoms with Crippen LogP contribution in [-0.4, -0.2) is 42.9 Å². The molecular weight excluding hydrogens is 194 g/mol. The Kier molecular flexibility index (Phi) is 4.27. The smallest absolute Gasteiger partial charge is 0.317 e. The fourth-order valence-corrected chi connectivity index (χ4v) is 2.03. The molecule has 1 rings (SSSR count). The lowest BCUT2D eigenvalue weighted by molar-refractivity contribution is -0.152. The summed E-state index contributed by atoms with van der Waals surface area (Å²) in [6.45, 7) is 5.57. The van der Waals surface area contributed by atoms with Crippen LogP contribution in [0, 0.1) is 5.92 Å². The predicted octanol–water partition coefficient (Wildman–Crippen LogP) is 0.849. The van der Waals surface area contributed by atoms with Gasteiger partial charge in [-0.05, 0) is 19.9 Å². The van der Waals surface area contributed by atoms with Gasteiger partial charge in [-0.1, -0.05) is 6.92 Å². The molecule has 1 aliphatic rings. The number of carbonyl (C=O) groups excluding carboxylic acids is 2. The molecule has 0 N–H and O–H groups in total. The van der Waals surface area contributed by atoms with Crippen molar-refractivity contribution in [3.63, 3.8) is 0 Å². The van der Waals surface area contributed by atoms with E-state index in [-0.39, 0.29) is 11.8 Å². The van der Waals surface area contributed by atoms with Gasteiger partial charge in [-0.25, -0.2) is 0 Å². The Bertz CT molecular complexity index is 252. The molecule has 4 heteroatoms. The molecule has 0 saturated carbocycles. The molecule has 1 heterocycles. The van der Waals surface area contributed by atoms with Crippen LogP contribution in [0.1, 0.15) is 26.7 Å². The highest BCUT2D eigenvalue weighted by Crippen LogP contribution is 2.19. The molecule has 1 saturated heterocycles. The fourth-order valence-electron chi connectivity index (χ4n) is 2.03. The van der Waals surface area contributed by atoms with Crippen molar-refractivity contribution in [2.24, 2.45) is 5.92 Å². The van der Waals surface area contributed by atoms with Gasteiger partial charge >= 0.3 is 5.97 Å². The maximum atomic E-state index is 11.6. The number of ketones is 1. The Balaban J connectivity index is 2.66. The molecule has 0 bridgehead atoms. The zero-order valence-electron chi connectivity index (χ0n) is 9.66. The van der Waals surface area contributed by atoms with E-state index >= 15 is 0 Å². The summed E-state index contributed by atoms with van der Waals surface area (Å²) >= 11 is 0. The zero-order chi connectivity index (χ0) is 11.4. The molecule has 0 amide bonds. The second-order valence-corrected chi connectivity index (χ2v) is 4.09. The largest absolute Gasteiger partial charge is 0.468 e. The minimum Gasteiger partial charge on any atom is -0.468 e. The van der Waals surface area contributed by atoms with Gasteiger partial charge in [-0.15, -0.1) is 0 Å². The van der Waals surface area contributed by atoms with E-state index < -0.39 is 11.9 Å². The molecule has 1 aliphatic heterocycles. The van der Waals surface area contributed by atoms with E-state index in [1.165, 1.54) is 7.11 Å². The fraction of sp³-hybridized carbons (Fsp3) is 0.818. The highest BCUT2D eigenvalue weighted by molar-refractivity contribution is 6.00. The highest BCUT2D eigenvalue weighted by Gasteiger charge is 2.36. The van der Waals surface area contributed by atoms with Crippen LogP contribution in [0.15, 0.2) is 0 Å². The predicted molar refractivity (Wildman–Crippen MR) is 56.5 cm³/mol. The Morgan fingerprint density at radius 1 is 1.60 bits per heavy atom. The molecule has 2 atom stereocenters. The highest BCUT2D eigenvalue weighted by atomic mass is 16.5. The number of likely N-dealkylation sites (tertiary alicyclic amines) is 1. The summed E-state index contributed by atoms with van der Waals surface area (Å²) in [5, 5.41) is 0. The van der Waals surface area contributed by atoms with Crippen LogP contribution in [0.25, 0.3) is 0 Å². The maximum Gasteiger partial charge on any atom is 0.317 e. The summed E-state index contributed by atoms with van der Waals surface area (Å²) in [6.07, 6.45) is 1.49. The summed E-state index contributed by atoms with van der Waals surface area (Å²) in [5.74, 6) is -0.951. The summed E-state index contributed by atoms with van der Waals surface area (Å²) < 4.78 is 4.64. The Hall–Kier alpha value is -0.900. The van der Waals surface area contributed by atoms with Crippen LogP contribution < -0.4 is 0 Å². The average Bonchev–Trinajstić information content (AvgIpc) is 2.21. The Labute approximate surface area is 90.6 Å². The number of rotatable bonds is 3. The number of Topliss-reactive ketones (excluding diaryl/α,β-unsaturated/α-hetero) is 1. The van der Waals surface area contributed by atoms with Gasteiger partial charge < -0.3 is 4.74 Å². The first-order valence-electron chi connectivity index (χ1n) is 5.44. The van der Waals surface area contributed by atoms with Crippen molar-refractivity contribution in [2.45, 2.75) is 32.7 Å². The molecule has 0 aromatic heterocycles. The van der Waals surface area contributed by atoms with Crippen molar-refractivity contribution in [1.82, 2.24) is 4.90 Å². The van der Waals surface area contributed by atoms with Gasteiger partial charge in [-0.3, -0.25) is 14.5 Å². The van der Waals surface area contributed by atoms with Gasteiger partial charge in [0.1, 0.15) is 11.7 Å². The molecule has 4 nitrogen and oxygen atoms in total. The lowest BCUT2D eigenvalue weighted by atomic mass is 9.92. The van der Waals surface area contributed by atoms with Crippen LogP contribution in [0.2, 0.25) is 0 Å². The van der Waals surface area contributed by atoms with Crippen LogP contribution in [-0.2, 0) is 14.3 Å². The molecule has 0 spiro atoms. The average molecular weight is 213 g/mol. The summed E-state index contributed by atoms with van der Waals surface area (Å²) in [5.41, 5.74) is 0. The van der Waals surface area contributed by atoms with Crippen LogP contribution in [0.4, 0.5) is 0 Å². The number of nitrogens with zero attached hydrogens (tertiary/aromatic N) is 1. The Morgan fingerprint density at radius 2 is 2.27 bits per heavy atom. The van der Waals surface area contributed by atoms with E-state index in [2.05, 4.69) is 16.6 Å². The molecule has 0 radical (unpaired) electrons. The number of esters is 1. The third-order valence-electron chi connectivity index (χ3n) is 2.92. The van der Waals surface area contributed by atoms with Crippen molar-refractivity contribution in [1.29, 1.82) is 0 Å².